The molecule has 1 aliphatic heterocycles. The fourth-order valence-corrected chi connectivity index (χ4v) is 2.27. The lowest BCUT2D eigenvalue weighted by Crippen LogP contribution is -2.43. The molecule has 0 aromatic heterocycles. The molecular weight excluding hydrogens is 236 g/mol. The van der Waals surface area contributed by atoms with Crippen LogP contribution in [0.2, 0.25) is 0 Å². The monoisotopic (exact) mass is 254 g/mol. The molecule has 0 aromatic carbocycles. The minimum atomic E-state index is -1.03. The van der Waals surface area contributed by atoms with Gasteiger partial charge in [-0.1, -0.05) is 6.92 Å². The molecule has 1 saturated heterocycles. The predicted octanol–water partition coefficient (Wildman–Crippen LogP) is -0.0233. The molecule has 0 radical (unpaired) electrons. The molecule has 1 heterocycles. The van der Waals surface area contributed by atoms with Gasteiger partial charge in [-0.2, -0.15) is 0 Å². The van der Waals surface area contributed by atoms with Gasteiger partial charge in [-0.3, -0.25) is 9.59 Å². The van der Waals surface area contributed by atoms with E-state index < -0.39 is 17.9 Å². The van der Waals surface area contributed by atoms with E-state index in [4.69, 9.17) is 5.11 Å². The summed E-state index contributed by atoms with van der Waals surface area (Å²) in [4.78, 5) is 36.2. The van der Waals surface area contributed by atoms with Gasteiger partial charge in [0.25, 0.3) is 0 Å². The van der Waals surface area contributed by atoms with Crippen molar-refractivity contribution < 1.29 is 19.5 Å². The van der Waals surface area contributed by atoms with Crippen LogP contribution < -0.4 is 5.32 Å². The average molecular weight is 254 g/mol. The Kier molecular flexibility index (Phi) is 3.54. The van der Waals surface area contributed by atoms with Gasteiger partial charge in [0, 0.05) is 19.0 Å². The second-order valence-electron chi connectivity index (χ2n) is 4.99. The maximum absolute atomic E-state index is 11.9. The zero-order valence-electron chi connectivity index (χ0n) is 10.4. The fraction of sp³-hybridized carbons (Fsp3) is 0.750. The number of carboxylic acids is 1. The molecule has 2 atom stereocenters. The van der Waals surface area contributed by atoms with Gasteiger partial charge in [-0.05, 0) is 19.3 Å². The lowest BCUT2D eigenvalue weighted by molar-refractivity contribution is -0.142. The van der Waals surface area contributed by atoms with Gasteiger partial charge in [0.2, 0.25) is 11.8 Å². The molecule has 1 aliphatic carbocycles. The number of nitrogens with zero attached hydrogens (tertiary/aromatic N) is 1. The van der Waals surface area contributed by atoms with Crippen LogP contribution >= 0.6 is 0 Å². The van der Waals surface area contributed by atoms with Gasteiger partial charge in [0.05, 0.1) is 5.92 Å². The van der Waals surface area contributed by atoms with Gasteiger partial charge in [0.1, 0.15) is 6.04 Å². The molecular formula is C12H18N2O4. The number of carboxylic acid groups (broad SMARTS) is 1. The normalized spacial score (nSPS) is 25.1. The van der Waals surface area contributed by atoms with Crippen molar-refractivity contribution in [1.29, 1.82) is 0 Å². The van der Waals surface area contributed by atoms with E-state index in [1.54, 1.807) is 11.8 Å². The van der Waals surface area contributed by atoms with Crippen molar-refractivity contribution in [2.24, 2.45) is 5.92 Å². The molecule has 2 aliphatic rings. The topological polar surface area (TPSA) is 86.7 Å². The summed E-state index contributed by atoms with van der Waals surface area (Å²) in [5, 5.41) is 11.4. The number of carbonyl (C=O) groups excluding carboxylic acids is 2. The lowest BCUT2D eigenvalue weighted by Gasteiger charge is -2.17. The molecule has 2 unspecified atom stereocenters. The molecule has 2 N–H and O–H groups in total. The highest BCUT2D eigenvalue weighted by atomic mass is 16.4. The zero-order chi connectivity index (χ0) is 13.3. The quantitative estimate of drug-likeness (QED) is 0.721. The highest BCUT2D eigenvalue weighted by molar-refractivity contribution is 5.91. The van der Waals surface area contributed by atoms with Crippen LogP contribution in [-0.2, 0) is 14.4 Å². The van der Waals surface area contributed by atoms with E-state index in [1.807, 2.05) is 0 Å². The van der Waals surface area contributed by atoms with Crippen LogP contribution in [0.4, 0.5) is 0 Å². The van der Waals surface area contributed by atoms with E-state index in [0.717, 1.165) is 12.8 Å². The number of aliphatic carboxylic acids is 1. The van der Waals surface area contributed by atoms with Crippen molar-refractivity contribution in [3.63, 3.8) is 0 Å². The van der Waals surface area contributed by atoms with E-state index >= 15 is 0 Å². The Morgan fingerprint density at radius 3 is 2.67 bits per heavy atom. The highest BCUT2D eigenvalue weighted by Gasteiger charge is 2.42. The Hall–Kier alpha value is -1.59. The Balaban J connectivity index is 1.90. The molecule has 6 heteroatoms. The highest BCUT2D eigenvalue weighted by Crippen LogP contribution is 2.32. The molecule has 2 fully saturated rings. The molecule has 2 rings (SSSR count). The summed E-state index contributed by atoms with van der Waals surface area (Å²) in [6.07, 6.45) is 2.59. The van der Waals surface area contributed by atoms with Crippen molar-refractivity contribution in [2.45, 2.75) is 44.7 Å². The van der Waals surface area contributed by atoms with Crippen LogP contribution in [0.1, 0.15) is 32.6 Å². The maximum atomic E-state index is 11.9. The van der Waals surface area contributed by atoms with Crippen LogP contribution in [0.5, 0.6) is 0 Å². The van der Waals surface area contributed by atoms with Gasteiger partial charge in [0.15, 0.2) is 0 Å². The van der Waals surface area contributed by atoms with E-state index in [2.05, 4.69) is 5.32 Å². The largest absolute Gasteiger partial charge is 0.480 e. The van der Waals surface area contributed by atoms with Gasteiger partial charge >= 0.3 is 5.97 Å². The Labute approximate surface area is 105 Å². The summed E-state index contributed by atoms with van der Waals surface area (Å²) >= 11 is 0. The van der Waals surface area contributed by atoms with Crippen molar-refractivity contribution >= 4 is 17.8 Å². The third-order valence-corrected chi connectivity index (χ3v) is 3.54. The number of rotatable bonds is 5. The number of likely N-dealkylation sites (tertiary alicyclic amines) is 1. The van der Waals surface area contributed by atoms with Gasteiger partial charge in [-0.25, -0.2) is 4.79 Å². The Bertz CT molecular complexity index is 378. The van der Waals surface area contributed by atoms with E-state index in [-0.39, 0.29) is 18.2 Å². The van der Waals surface area contributed by atoms with Crippen molar-refractivity contribution in [3.05, 3.63) is 0 Å². The first-order chi connectivity index (χ1) is 8.52. The van der Waals surface area contributed by atoms with Crippen LogP contribution in [0.15, 0.2) is 0 Å². The maximum Gasteiger partial charge on any atom is 0.326 e. The molecule has 0 bridgehead atoms. The molecule has 2 amide bonds. The average Bonchev–Trinajstić information content (AvgIpc) is 3.08. The van der Waals surface area contributed by atoms with Crippen LogP contribution in [0.25, 0.3) is 0 Å². The number of nitrogens with one attached hydrogen (secondary N) is 1. The molecule has 1 saturated carbocycles. The first kappa shape index (κ1) is 12.9. The summed E-state index contributed by atoms with van der Waals surface area (Å²) in [5.41, 5.74) is 0. The summed E-state index contributed by atoms with van der Waals surface area (Å²) in [5.74, 6) is -1.73. The predicted molar refractivity (Wildman–Crippen MR) is 62.7 cm³/mol. The Morgan fingerprint density at radius 2 is 2.17 bits per heavy atom. The first-order valence-electron chi connectivity index (χ1n) is 6.35. The minimum Gasteiger partial charge on any atom is -0.480 e. The third-order valence-electron chi connectivity index (χ3n) is 3.54. The molecule has 0 spiro atoms. The van der Waals surface area contributed by atoms with Crippen LogP contribution in [0, 0.1) is 5.92 Å². The summed E-state index contributed by atoms with van der Waals surface area (Å²) in [6, 6.07) is -0.542. The molecule has 0 aromatic rings. The smallest absolute Gasteiger partial charge is 0.326 e. The molecule has 6 nitrogen and oxygen atoms in total. The standard InChI is InChI=1S/C12H18N2O4/c1-2-9(12(17)18)13-11(16)7-5-10(15)14(6-7)8-3-4-8/h7-9H,2-6H2,1H3,(H,13,16)(H,17,18). The van der Waals surface area contributed by atoms with Crippen LogP contribution in [0.3, 0.4) is 0 Å². The second-order valence-corrected chi connectivity index (χ2v) is 4.99. The zero-order valence-corrected chi connectivity index (χ0v) is 10.4. The number of amides is 2. The van der Waals surface area contributed by atoms with Crippen molar-refractivity contribution in [3.8, 4) is 0 Å². The van der Waals surface area contributed by atoms with Gasteiger partial charge < -0.3 is 15.3 Å². The van der Waals surface area contributed by atoms with Gasteiger partial charge in [-0.15, -0.1) is 0 Å². The number of carbonyl (C=O) groups is 3. The Morgan fingerprint density at radius 1 is 1.50 bits per heavy atom. The van der Waals surface area contributed by atoms with Crippen molar-refractivity contribution in [2.75, 3.05) is 6.54 Å². The third kappa shape index (κ3) is 2.63. The SMILES string of the molecule is CCC(NC(=O)C1CC(=O)N(C2CC2)C1)C(=O)O. The summed E-state index contributed by atoms with van der Waals surface area (Å²) < 4.78 is 0. The molecule has 18 heavy (non-hydrogen) atoms. The molecule has 100 valence electrons. The summed E-state index contributed by atoms with van der Waals surface area (Å²) in [7, 11) is 0. The van der Waals surface area contributed by atoms with E-state index in [9.17, 15) is 14.4 Å². The van der Waals surface area contributed by atoms with E-state index in [1.165, 1.54) is 0 Å². The number of hydrogen-bond donors (Lipinski definition) is 2. The van der Waals surface area contributed by atoms with Crippen molar-refractivity contribution in [1.82, 2.24) is 10.2 Å². The fourth-order valence-electron chi connectivity index (χ4n) is 2.27. The second kappa shape index (κ2) is 4.96. The minimum absolute atomic E-state index is 0.0148. The lowest BCUT2D eigenvalue weighted by atomic mass is 10.1. The summed E-state index contributed by atoms with van der Waals surface area (Å²) in [6.45, 7) is 2.14. The van der Waals surface area contributed by atoms with E-state index in [0.29, 0.717) is 19.0 Å². The van der Waals surface area contributed by atoms with Crippen LogP contribution in [-0.4, -0.2) is 46.4 Å². The number of hydrogen-bond acceptors (Lipinski definition) is 3. The first-order valence-corrected chi connectivity index (χ1v) is 6.35.